The maximum atomic E-state index is 11.6. The number of allylic oxidation sites excluding steroid dienone is 3. The van der Waals surface area contributed by atoms with Gasteiger partial charge in [0.05, 0.1) is 6.10 Å². The Morgan fingerprint density at radius 3 is 2.57 bits per heavy atom. The Hall–Kier alpha value is -1.96. The van der Waals surface area contributed by atoms with Crippen LogP contribution >= 0.6 is 0 Å². The second-order valence-corrected chi connectivity index (χ2v) is 14.7. The predicted octanol–water partition coefficient (Wildman–Crippen LogP) is 7.49. The summed E-state index contributed by atoms with van der Waals surface area (Å²) in [5, 5.41) is 0. The molecule has 0 aromatic rings. The van der Waals surface area contributed by atoms with Gasteiger partial charge in [-0.2, -0.15) is 0 Å². The highest BCUT2D eigenvalue weighted by Crippen LogP contribution is 2.67. The van der Waals surface area contributed by atoms with Crippen molar-refractivity contribution in [2.75, 3.05) is 20.3 Å². The van der Waals surface area contributed by atoms with Crippen molar-refractivity contribution in [2.45, 2.75) is 130 Å². The van der Waals surface area contributed by atoms with Crippen molar-refractivity contribution in [3.05, 3.63) is 35.5 Å². The smallest absolute Gasteiger partial charge is 0.303 e. The fourth-order valence-corrected chi connectivity index (χ4v) is 9.88. The molecule has 10 atom stereocenters. The molecule has 1 heterocycles. The maximum Gasteiger partial charge on any atom is 0.303 e. The van der Waals surface area contributed by atoms with Gasteiger partial charge in [-0.3, -0.25) is 9.59 Å². The number of fused-ring (bicyclic) bond motifs is 5. The maximum absolute atomic E-state index is 11.6. The van der Waals surface area contributed by atoms with Crippen LogP contribution in [-0.4, -0.2) is 56.9 Å². The van der Waals surface area contributed by atoms with Crippen LogP contribution in [0.4, 0.5) is 0 Å². The van der Waals surface area contributed by atoms with Crippen molar-refractivity contribution in [1.82, 2.24) is 0 Å². The third kappa shape index (κ3) is 7.05. The zero-order chi connectivity index (χ0) is 31.5. The first-order valence-electron chi connectivity index (χ1n) is 17.2. The number of carbonyl (C=O) groups excluding carboxylic acids is 2. The van der Waals surface area contributed by atoms with E-state index in [0.717, 1.165) is 56.0 Å². The zero-order valence-corrected chi connectivity index (χ0v) is 28.0. The molecule has 0 N–H and O–H groups in total. The fourth-order valence-electron chi connectivity index (χ4n) is 9.88. The molecule has 0 aromatic heterocycles. The molecule has 7 heteroatoms. The van der Waals surface area contributed by atoms with Crippen LogP contribution in [0.15, 0.2) is 35.5 Å². The van der Waals surface area contributed by atoms with Crippen LogP contribution in [0.5, 0.6) is 0 Å². The summed E-state index contributed by atoms with van der Waals surface area (Å²) in [6.45, 7) is 11.2. The molecule has 5 aliphatic rings. The van der Waals surface area contributed by atoms with Gasteiger partial charge in [0, 0.05) is 27.6 Å². The summed E-state index contributed by atoms with van der Waals surface area (Å²) in [4.78, 5) is 23.0. The van der Waals surface area contributed by atoms with Crippen molar-refractivity contribution in [1.29, 1.82) is 0 Å². The lowest BCUT2D eigenvalue weighted by atomic mass is 9.47. The number of ether oxygens (including phenoxy) is 5. The van der Waals surface area contributed by atoms with E-state index < -0.39 is 30.4 Å². The lowest BCUT2D eigenvalue weighted by Gasteiger charge is -2.58. The molecule has 0 spiro atoms. The molecule has 7 nitrogen and oxygen atoms in total. The van der Waals surface area contributed by atoms with E-state index in [1.165, 1.54) is 58.8 Å². The van der Waals surface area contributed by atoms with Gasteiger partial charge in [-0.15, -0.1) is 0 Å². The minimum absolute atomic E-state index is 0.0130. The molecule has 0 radical (unpaired) electrons. The van der Waals surface area contributed by atoms with Gasteiger partial charge in [-0.1, -0.05) is 37.1 Å². The number of hydrogen-bond donors (Lipinski definition) is 0. The molecule has 0 amide bonds. The third-order valence-corrected chi connectivity index (χ3v) is 12.1. The van der Waals surface area contributed by atoms with Crippen molar-refractivity contribution in [3.63, 3.8) is 0 Å². The summed E-state index contributed by atoms with van der Waals surface area (Å²) in [7, 11) is 1.79. The Morgan fingerprint density at radius 2 is 1.82 bits per heavy atom. The van der Waals surface area contributed by atoms with Gasteiger partial charge in [0.25, 0.3) is 0 Å². The van der Waals surface area contributed by atoms with Crippen molar-refractivity contribution in [2.24, 2.45) is 34.5 Å². The van der Waals surface area contributed by atoms with Gasteiger partial charge >= 0.3 is 11.9 Å². The quantitative estimate of drug-likeness (QED) is 0.136. The van der Waals surface area contributed by atoms with E-state index >= 15 is 0 Å². The molecule has 0 saturated heterocycles. The van der Waals surface area contributed by atoms with Crippen LogP contribution in [-0.2, 0) is 33.3 Å². The Morgan fingerprint density at radius 1 is 1.00 bits per heavy atom. The molecule has 0 bridgehead atoms. The molecule has 3 saturated carbocycles. The van der Waals surface area contributed by atoms with Gasteiger partial charge < -0.3 is 23.7 Å². The largest absolute Gasteiger partial charge is 0.463 e. The number of hydrogen-bond acceptors (Lipinski definition) is 7. The highest BCUT2D eigenvalue weighted by Gasteiger charge is 2.58. The minimum Gasteiger partial charge on any atom is -0.463 e. The van der Waals surface area contributed by atoms with Crippen LogP contribution in [0, 0.1) is 34.5 Å². The molecule has 5 rings (SSSR count). The molecule has 3 fully saturated rings. The minimum atomic E-state index is -0.605. The van der Waals surface area contributed by atoms with Gasteiger partial charge in [-0.25, -0.2) is 0 Å². The van der Waals surface area contributed by atoms with E-state index in [-0.39, 0.29) is 18.1 Å². The average molecular weight is 613 g/mol. The van der Waals surface area contributed by atoms with Crippen molar-refractivity contribution >= 4 is 11.9 Å². The van der Waals surface area contributed by atoms with Crippen molar-refractivity contribution in [3.8, 4) is 0 Å². The fraction of sp³-hybridized carbons (Fsp3) is 0.784. The molecular weight excluding hydrogens is 556 g/mol. The van der Waals surface area contributed by atoms with Gasteiger partial charge in [0.2, 0.25) is 0 Å². The van der Waals surface area contributed by atoms with E-state index in [2.05, 4.69) is 32.9 Å². The van der Waals surface area contributed by atoms with Crippen LogP contribution in [0.1, 0.15) is 105 Å². The SMILES string of the molecule is COCCCC/C=C(\C)[C@H]1CC[C@H]2[C@@H]3CC=C4C[C@@H](OC5C=C[C@H](OC(C)=O)[C@@H](COC(C)=O)O5)CC[C@]4(C)[C@H]3CC[C@]12C. The Balaban J connectivity index is 1.21. The lowest BCUT2D eigenvalue weighted by Crippen LogP contribution is -2.51. The van der Waals surface area contributed by atoms with E-state index in [1.807, 2.05) is 6.08 Å². The summed E-state index contributed by atoms with van der Waals surface area (Å²) in [5.74, 6) is 2.28. The number of methoxy groups -OCH3 is 1. The van der Waals surface area contributed by atoms with Gasteiger partial charge in [0.1, 0.15) is 18.8 Å². The molecule has 1 aliphatic heterocycles. The van der Waals surface area contributed by atoms with Gasteiger partial charge in [0.15, 0.2) is 6.29 Å². The number of carbonyl (C=O) groups is 2. The average Bonchev–Trinajstić information content (AvgIpc) is 3.34. The molecule has 4 aliphatic carbocycles. The van der Waals surface area contributed by atoms with E-state index in [0.29, 0.717) is 5.41 Å². The molecule has 246 valence electrons. The summed E-state index contributed by atoms with van der Waals surface area (Å²) < 4.78 is 28.4. The molecule has 0 aromatic carbocycles. The monoisotopic (exact) mass is 612 g/mol. The second kappa shape index (κ2) is 14.2. The summed E-state index contributed by atoms with van der Waals surface area (Å²) in [6, 6.07) is 0. The first kappa shape index (κ1) is 33.4. The van der Waals surface area contributed by atoms with Crippen molar-refractivity contribution < 1.29 is 33.3 Å². The summed E-state index contributed by atoms with van der Waals surface area (Å²) in [6.07, 6.45) is 20.3. The standard InChI is InChI=1S/C37H56O7/c1-24(10-8-7-9-21-40-6)30-13-14-31-29-12-11-27-22-28(17-19-36(27,4)32(29)18-20-37(30,31)5)43-35-16-15-33(42-26(3)39)34(44-35)23-41-25(2)38/h10-11,15-16,28-35H,7-9,12-14,17-23H2,1-6H3/b24-10+/t28-,29-,30+,31-,32-,33-,34+,35?,36-,37+/m0/s1. The Kier molecular flexibility index (Phi) is 10.8. The Bertz CT molecular complexity index is 1120. The topological polar surface area (TPSA) is 80.3 Å². The lowest BCUT2D eigenvalue weighted by molar-refractivity contribution is -0.213. The number of unbranched alkanes of at least 4 members (excludes halogenated alkanes) is 2. The molecule has 1 unspecified atom stereocenters. The first-order valence-corrected chi connectivity index (χ1v) is 17.2. The van der Waals surface area contributed by atoms with Crippen LogP contribution in [0.25, 0.3) is 0 Å². The highest BCUT2D eigenvalue weighted by atomic mass is 16.7. The van der Waals surface area contributed by atoms with E-state index in [1.54, 1.807) is 24.3 Å². The second-order valence-electron chi connectivity index (χ2n) is 14.7. The van der Waals surface area contributed by atoms with Crippen LogP contribution < -0.4 is 0 Å². The number of rotatable bonds is 11. The summed E-state index contributed by atoms with van der Waals surface area (Å²) >= 11 is 0. The molecular formula is C37H56O7. The predicted molar refractivity (Wildman–Crippen MR) is 170 cm³/mol. The molecule has 44 heavy (non-hydrogen) atoms. The van der Waals surface area contributed by atoms with E-state index in [4.69, 9.17) is 23.7 Å². The van der Waals surface area contributed by atoms with Crippen LogP contribution in [0.3, 0.4) is 0 Å². The van der Waals surface area contributed by atoms with E-state index in [9.17, 15) is 9.59 Å². The first-order chi connectivity index (χ1) is 21.0. The van der Waals surface area contributed by atoms with Crippen LogP contribution in [0.2, 0.25) is 0 Å². The third-order valence-electron chi connectivity index (χ3n) is 12.1. The Labute approximate surface area is 265 Å². The normalized spacial score (nSPS) is 40.0. The highest BCUT2D eigenvalue weighted by molar-refractivity contribution is 5.66. The van der Waals surface area contributed by atoms with Gasteiger partial charge in [-0.05, 0) is 124 Å². The zero-order valence-electron chi connectivity index (χ0n) is 28.0. The summed E-state index contributed by atoms with van der Waals surface area (Å²) in [5.41, 5.74) is 3.88. The number of esters is 2.